The van der Waals surface area contributed by atoms with Gasteiger partial charge in [-0.3, -0.25) is 9.36 Å². The second-order valence-corrected chi connectivity index (χ2v) is 6.57. The molecule has 3 aromatic rings. The van der Waals surface area contributed by atoms with Crippen LogP contribution in [0.15, 0.2) is 59.8 Å². The fourth-order valence-corrected chi connectivity index (χ4v) is 3.30. The van der Waals surface area contributed by atoms with Gasteiger partial charge in [-0.15, -0.1) is 0 Å². The molecule has 7 heteroatoms. The molecule has 0 fully saturated rings. The SMILES string of the molecule is Cn1c(N2CCC=C(c3cccc(C#N)c3)C2)nc(-c2ccncn2)cc1=O. The van der Waals surface area contributed by atoms with Gasteiger partial charge in [-0.25, -0.2) is 15.0 Å². The minimum atomic E-state index is -0.138. The molecule has 2 aromatic heterocycles. The Kier molecular flexibility index (Phi) is 4.68. The largest absolute Gasteiger partial charge is 0.338 e. The van der Waals surface area contributed by atoms with Crippen LogP contribution in [0.1, 0.15) is 17.5 Å². The highest BCUT2D eigenvalue weighted by atomic mass is 16.1. The molecule has 7 nitrogen and oxygen atoms in total. The van der Waals surface area contributed by atoms with Crippen LogP contribution in [0.4, 0.5) is 5.95 Å². The summed E-state index contributed by atoms with van der Waals surface area (Å²) in [5.41, 5.74) is 3.77. The standard InChI is InChI=1S/C21H18N6O/c1-26-20(28)11-19(18-7-8-23-14-24-18)25-21(26)27-9-3-6-17(13-27)16-5-2-4-15(10-16)12-22/h2,4-8,10-11,14H,3,9,13H2,1H3. The normalized spacial score (nSPS) is 13.7. The van der Waals surface area contributed by atoms with Crippen molar-refractivity contribution in [2.75, 3.05) is 18.0 Å². The van der Waals surface area contributed by atoms with Gasteiger partial charge in [0.15, 0.2) is 0 Å². The highest BCUT2D eigenvalue weighted by molar-refractivity contribution is 5.72. The van der Waals surface area contributed by atoms with E-state index in [4.69, 9.17) is 10.2 Å². The number of anilines is 1. The second-order valence-electron chi connectivity index (χ2n) is 6.57. The number of hydrogen-bond donors (Lipinski definition) is 0. The number of rotatable bonds is 3. The van der Waals surface area contributed by atoms with Crippen LogP contribution in [0.5, 0.6) is 0 Å². The molecular weight excluding hydrogens is 352 g/mol. The zero-order valence-electron chi connectivity index (χ0n) is 15.4. The highest BCUT2D eigenvalue weighted by Gasteiger charge is 2.19. The molecule has 0 saturated heterocycles. The van der Waals surface area contributed by atoms with Gasteiger partial charge >= 0.3 is 0 Å². The van der Waals surface area contributed by atoms with Crippen LogP contribution in [0.25, 0.3) is 17.0 Å². The van der Waals surface area contributed by atoms with E-state index in [0.29, 0.717) is 29.4 Å². The molecule has 0 unspecified atom stereocenters. The maximum Gasteiger partial charge on any atom is 0.255 e. The summed E-state index contributed by atoms with van der Waals surface area (Å²) < 4.78 is 1.55. The van der Waals surface area contributed by atoms with Crippen molar-refractivity contribution in [1.82, 2.24) is 19.5 Å². The van der Waals surface area contributed by atoms with E-state index in [-0.39, 0.29) is 5.56 Å². The monoisotopic (exact) mass is 370 g/mol. The quantitative estimate of drug-likeness (QED) is 0.703. The third-order valence-corrected chi connectivity index (χ3v) is 4.75. The van der Waals surface area contributed by atoms with Gasteiger partial charge in [0.25, 0.3) is 5.56 Å². The molecule has 0 radical (unpaired) electrons. The van der Waals surface area contributed by atoms with Crippen LogP contribution in [0.2, 0.25) is 0 Å². The maximum absolute atomic E-state index is 12.5. The van der Waals surface area contributed by atoms with E-state index in [1.54, 1.807) is 29.9 Å². The summed E-state index contributed by atoms with van der Waals surface area (Å²) >= 11 is 0. The Balaban J connectivity index is 1.70. The summed E-state index contributed by atoms with van der Waals surface area (Å²) in [4.78, 5) is 27.4. The lowest BCUT2D eigenvalue weighted by Gasteiger charge is -2.30. The fraction of sp³-hybridized carbons (Fsp3) is 0.190. The maximum atomic E-state index is 12.5. The van der Waals surface area contributed by atoms with Gasteiger partial charge in [0, 0.05) is 32.4 Å². The number of benzene rings is 1. The molecule has 0 bridgehead atoms. The van der Waals surface area contributed by atoms with Gasteiger partial charge in [-0.1, -0.05) is 18.2 Å². The van der Waals surface area contributed by atoms with Crippen molar-refractivity contribution in [3.05, 3.63) is 76.5 Å². The third-order valence-electron chi connectivity index (χ3n) is 4.75. The fourth-order valence-electron chi connectivity index (χ4n) is 3.30. The summed E-state index contributed by atoms with van der Waals surface area (Å²) in [6.45, 7) is 1.37. The lowest BCUT2D eigenvalue weighted by atomic mass is 9.99. The number of nitriles is 1. The summed E-state index contributed by atoms with van der Waals surface area (Å²) in [6.07, 6.45) is 6.09. The average molecular weight is 370 g/mol. The molecule has 0 atom stereocenters. The van der Waals surface area contributed by atoms with Crippen molar-refractivity contribution >= 4 is 11.5 Å². The van der Waals surface area contributed by atoms with E-state index in [0.717, 1.165) is 24.1 Å². The molecule has 0 saturated carbocycles. The molecule has 0 spiro atoms. The van der Waals surface area contributed by atoms with Crippen LogP contribution >= 0.6 is 0 Å². The van der Waals surface area contributed by atoms with Crippen molar-refractivity contribution < 1.29 is 0 Å². The van der Waals surface area contributed by atoms with Gasteiger partial charge in [-0.2, -0.15) is 5.26 Å². The minimum Gasteiger partial charge on any atom is -0.338 e. The van der Waals surface area contributed by atoms with E-state index >= 15 is 0 Å². The third kappa shape index (κ3) is 3.40. The van der Waals surface area contributed by atoms with Crippen LogP contribution in [-0.2, 0) is 7.05 Å². The molecule has 0 N–H and O–H groups in total. The second kappa shape index (κ2) is 7.45. The molecule has 28 heavy (non-hydrogen) atoms. The molecule has 1 aromatic carbocycles. The predicted molar refractivity (Wildman–Crippen MR) is 106 cm³/mol. The predicted octanol–water partition coefficient (Wildman–Crippen LogP) is 2.40. The lowest BCUT2D eigenvalue weighted by Crippen LogP contribution is -2.35. The Hall–Kier alpha value is -3.79. The van der Waals surface area contributed by atoms with Gasteiger partial charge in [-0.05, 0) is 35.8 Å². The molecule has 1 aliphatic heterocycles. The Morgan fingerprint density at radius 3 is 2.86 bits per heavy atom. The van der Waals surface area contributed by atoms with Crippen LogP contribution < -0.4 is 10.5 Å². The molecule has 3 heterocycles. The highest BCUT2D eigenvalue weighted by Crippen LogP contribution is 2.25. The van der Waals surface area contributed by atoms with Gasteiger partial charge in [0.2, 0.25) is 5.95 Å². The molecular formula is C21H18N6O. The smallest absolute Gasteiger partial charge is 0.255 e. The topological polar surface area (TPSA) is 87.7 Å². The first-order chi connectivity index (χ1) is 13.7. The first-order valence-electron chi connectivity index (χ1n) is 8.94. The van der Waals surface area contributed by atoms with Crippen molar-refractivity contribution in [2.24, 2.45) is 7.05 Å². The Labute approximate surface area is 162 Å². The first-order valence-corrected chi connectivity index (χ1v) is 8.94. The summed E-state index contributed by atoms with van der Waals surface area (Å²) in [7, 11) is 1.72. The number of aromatic nitrogens is 4. The van der Waals surface area contributed by atoms with Crippen LogP contribution in [0.3, 0.4) is 0 Å². The van der Waals surface area contributed by atoms with Crippen molar-refractivity contribution in [2.45, 2.75) is 6.42 Å². The van der Waals surface area contributed by atoms with E-state index in [2.05, 4.69) is 27.0 Å². The van der Waals surface area contributed by atoms with Crippen molar-refractivity contribution in [3.8, 4) is 17.5 Å². The number of nitrogens with zero attached hydrogens (tertiary/aromatic N) is 6. The lowest BCUT2D eigenvalue weighted by molar-refractivity contribution is 0.726. The summed E-state index contributed by atoms with van der Waals surface area (Å²) in [5.74, 6) is 0.600. The Bertz CT molecular complexity index is 1140. The summed E-state index contributed by atoms with van der Waals surface area (Å²) in [6, 6.07) is 13.0. The average Bonchev–Trinajstić information content (AvgIpc) is 2.76. The van der Waals surface area contributed by atoms with Gasteiger partial charge < -0.3 is 4.90 Å². The van der Waals surface area contributed by atoms with Crippen LogP contribution in [0, 0.1) is 11.3 Å². The minimum absolute atomic E-state index is 0.138. The van der Waals surface area contributed by atoms with E-state index < -0.39 is 0 Å². The van der Waals surface area contributed by atoms with Crippen LogP contribution in [-0.4, -0.2) is 32.6 Å². The zero-order chi connectivity index (χ0) is 19.5. The van der Waals surface area contributed by atoms with E-state index in [1.165, 1.54) is 12.4 Å². The number of hydrogen-bond acceptors (Lipinski definition) is 6. The summed E-state index contributed by atoms with van der Waals surface area (Å²) in [5, 5.41) is 9.16. The molecule has 4 rings (SSSR count). The molecule has 138 valence electrons. The molecule has 0 aliphatic carbocycles. The molecule has 1 aliphatic rings. The Morgan fingerprint density at radius 1 is 1.18 bits per heavy atom. The zero-order valence-corrected chi connectivity index (χ0v) is 15.4. The first kappa shape index (κ1) is 17.6. The van der Waals surface area contributed by atoms with Crippen molar-refractivity contribution in [3.63, 3.8) is 0 Å². The van der Waals surface area contributed by atoms with E-state index in [9.17, 15) is 4.79 Å². The van der Waals surface area contributed by atoms with Crippen molar-refractivity contribution in [1.29, 1.82) is 5.26 Å². The van der Waals surface area contributed by atoms with Gasteiger partial charge in [0.05, 0.1) is 23.0 Å². The molecule has 0 amide bonds. The Morgan fingerprint density at radius 2 is 2.07 bits per heavy atom. The van der Waals surface area contributed by atoms with E-state index in [1.807, 2.05) is 18.2 Å². The van der Waals surface area contributed by atoms with Gasteiger partial charge in [0.1, 0.15) is 6.33 Å².